The molecule has 56 valence electrons. The zero-order valence-electron chi connectivity index (χ0n) is 4.95. The van der Waals surface area contributed by atoms with Crippen LogP contribution in [0.3, 0.4) is 0 Å². The van der Waals surface area contributed by atoms with Crippen LogP contribution in [-0.2, 0) is 11.1 Å². The molecule has 0 aliphatic carbocycles. The van der Waals surface area contributed by atoms with E-state index < -0.39 is 11.1 Å². The topological polar surface area (TPSA) is 37.3 Å². The first kappa shape index (κ1) is 12.1. The number of hydrogen-bond donors (Lipinski definition) is 1. The van der Waals surface area contributed by atoms with Crippen LogP contribution in [-0.4, -0.2) is 38.3 Å². The quantitative estimate of drug-likeness (QED) is 0.480. The normalized spacial score (nSPS) is 11.8. The minimum atomic E-state index is -1.84. The molecule has 1 atom stereocenters. The van der Waals surface area contributed by atoms with Crippen LogP contribution < -0.4 is 0 Å². The van der Waals surface area contributed by atoms with Crippen molar-refractivity contribution in [2.24, 2.45) is 0 Å². The molecule has 0 spiro atoms. The van der Waals surface area contributed by atoms with E-state index in [1.54, 1.807) is 18.2 Å². The van der Waals surface area contributed by atoms with Crippen LogP contribution in [0.25, 0.3) is 0 Å². The molecular formula is C6H6INaO2S. The Labute approximate surface area is 103 Å². The van der Waals surface area contributed by atoms with Gasteiger partial charge in [-0.3, -0.25) is 0 Å². The molecule has 0 fully saturated rings. The van der Waals surface area contributed by atoms with Gasteiger partial charge in [0.2, 0.25) is 0 Å². The molecule has 0 amide bonds. The molecule has 0 aromatic heterocycles. The monoisotopic (exact) mass is 292 g/mol. The summed E-state index contributed by atoms with van der Waals surface area (Å²) >= 11 is 0.249. The van der Waals surface area contributed by atoms with E-state index in [0.29, 0.717) is 4.90 Å². The van der Waals surface area contributed by atoms with Crippen LogP contribution >= 0.6 is 22.6 Å². The molecule has 0 saturated heterocycles. The molecule has 0 heterocycles. The second kappa shape index (κ2) is 5.66. The molecule has 0 radical (unpaired) electrons. The average molecular weight is 292 g/mol. The molecule has 0 aliphatic heterocycles. The Hall–Kier alpha value is 1.06. The van der Waals surface area contributed by atoms with E-state index in [1.165, 1.54) is 0 Å². The molecule has 2 nitrogen and oxygen atoms in total. The fraction of sp³-hybridized carbons (Fsp3) is 0. The summed E-state index contributed by atoms with van der Waals surface area (Å²) in [5, 5.41) is 0. The van der Waals surface area contributed by atoms with E-state index in [9.17, 15) is 4.21 Å². The van der Waals surface area contributed by atoms with Crippen molar-refractivity contribution in [2.45, 2.75) is 4.90 Å². The van der Waals surface area contributed by atoms with E-state index in [-0.39, 0.29) is 29.6 Å². The van der Waals surface area contributed by atoms with Crippen molar-refractivity contribution in [1.82, 2.24) is 0 Å². The van der Waals surface area contributed by atoms with Crippen molar-refractivity contribution in [2.75, 3.05) is 0 Å². The van der Waals surface area contributed by atoms with Crippen LogP contribution in [0.5, 0.6) is 0 Å². The number of halogens is 1. The minimum absolute atomic E-state index is 0. The first-order chi connectivity index (χ1) is 4.70. The van der Waals surface area contributed by atoms with E-state index in [2.05, 4.69) is 22.6 Å². The SMILES string of the molecule is O=S(O)c1cccc(I)c1.[NaH]. The Kier molecular flexibility index (Phi) is 6.21. The van der Waals surface area contributed by atoms with Crippen molar-refractivity contribution >= 4 is 63.2 Å². The van der Waals surface area contributed by atoms with E-state index in [1.807, 2.05) is 6.07 Å². The summed E-state index contributed by atoms with van der Waals surface area (Å²) in [5.74, 6) is 0. The molecule has 11 heavy (non-hydrogen) atoms. The van der Waals surface area contributed by atoms with Crippen LogP contribution in [0.4, 0.5) is 0 Å². The summed E-state index contributed by atoms with van der Waals surface area (Å²) in [7, 11) is 0. The Morgan fingerprint density at radius 1 is 1.45 bits per heavy atom. The van der Waals surface area contributed by atoms with Gasteiger partial charge in [0.25, 0.3) is 0 Å². The number of benzene rings is 1. The summed E-state index contributed by atoms with van der Waals surface area (Å²) < 4.78 is 20.0. The first-order valence-corrected chi connectivity index (χ1v) is 4.75. The van der Waals surface area contributed by atoms with Gasteiger partial charge in [0.15, 0.2) is 11.1 Å². The fourth-order valence-corrected chi connectivity index (χ4v) is 1.75. The van der Waals surface area contributed by atoms with Crippen LogP contribution in [0, 0.1) is 3.57 Å². The van der Waals surface area contributed by atoms with Gasteiger partial charge < -0.3 is 4.55 Å². The average Bonchev–Trinajstić information content (AvgIpc) is 1.88. The Balaban J connectivity index is 0.000001000. The van der Waals surface area contributed by atoms with Gasteiger partial charge >= 0.3 is 29.6 Å². The van der Waals surface area contributed by atoms with Crippen LogP contribution in [0.15, 0.2) is 29.2 Å². The molecule has 1 rings (SSSR count). The van der Waals surface area contributed by atoms with Crippen molar-refractivity contribution in [3.8, 4) is 0 Å². The predicted octanol–water partition coefficient (Wildman–Crippen LogP) is 1.22. The second-order valence-corrected chi connectivity index (χ2v) is 3.92. The van der Waals surface area contributed by atoms with Gasteiger partial charge in [-0.1, -0.05) is 6.07 Å². The predicted molar refractivity (Wildman–Crippen MR) is 55.3 cm³/mol. The molecule has 1 aromatic carbocycles. The van der Waals surface area contributed by atoms with Gasteiger partial charge in [-0.25, -0.2) is 4.21 Å². The molecule has 1 N–H and O–H groups in total. The van der Waals surface area contributed by atoms with Gasteiger partial charge in [0, 0.05) is 3.57 Å². The van der Waals surface area contributed by atoms with Crippen LogP contribution in [0.2, 0.25) is 0 Å². The molecule has 0 bridgehead atoms. The summed E-state index contributed by atoms with van der Waals surface area (Å²) in [6.45, 7) is 0. The van der Waals surface area contributed by atoms with Gasteiger partial charge in [0.05, 0.1) is 4.90 Å². The molecule has 0 aliphatic rings. The molecule has 1 aromatic rings. The Morgan fingerprint density at radius 2 is 2.09 bits per heavy atom. The van der Waals surface area contributed by atoms with Crippen molar-refractivity contribution in [3.63, 3.8) is 0 Å². The maximum absolute atomic E-state index is 10.5. The third kappa shape index (κ3) is 4.00. The molecule has 0 saturated carbocycles. The standard InChI is InChI=1S/C6H5IO2S.Na.H/c7-5-2-1-3-6(4-5)10(8)9;;/h1-4H,(H,8,9);;. The van der Waals surface area contributed by atoms with E-state index in [4.69, 9.17) is 4.55 Å². The summed E-state index contributed by atoms with van der Waals surface area (Å²) in [4.78, 5) is 0.451. The molecule has 1 unspecified atom stereocenters. The zero-order chi connectivity index (χ0) is 7.56. The Morgan fingerprint density at radius 3 is 2.45 bits per heavy atom. The second-order valence-electron chi connectivity index (χ2n) is 1.71. The van der Waals surface area contributed by atoms with Crippen LogP contribution in [0.1, 0.15) is 0 Å². The van der Waals surface area contributed by atoms with Crippen molar-refractivity contribution < 1.29 is 8.76 Å². The van der Waals surface area contributed by atoms with Gasteiger partial charge in [-0.05, 0) is 40.8 Å². The van der Waals surface area contributed by atoms with Gasteiger partial charge in [-0.15, -0.1) is 0 Å². The third-order valence-corrected chi connectivity index (χ3v) is 2.33. The Bertz CT molecular complexity index is 267. The zero-order valence-corrected chi connectivity index (χ0v) is 7.93. The molecule has 5 heteroatoms. The number of hydrogen-bond acceptors (Lipinski definition) is 1. The van der Waals surface area contributed by atoms with Gasteiger partial charge in [0.1, 0.15) is 0 Å². The van der Waals surface area contributed by atoms with E-state index >= 15 is 0 Å². The third-order valence-electron chi connectivity index (χ3n) is 0.998. The molecular weight excluding hydrogens is 286 g/mol. The summed E-state index contributed by atoms with van der Waals surface area (Å²) in [6.07, 6.45) is 0. The first-order valence-electron chi connectivity index (χ1n) is 2.56. The van der Waals surface area contributed by atoms with E-state index in [0.717, 1.165) is 3.57 Å². The number of rotatable bonds is 1. The summed E-state index contributed by atoms with van der Waals surface area (Å²) in [5.41, 5.74) is 0. The van der Waals surface area contributed by atoms with Crippen molar-refractivity contribution in [1.29, 1.82) is 0 Å². The van der Waals surface area contributed by atoms with Gasteiger partial charge in [-0.2, -0.15) is 0 Å². The van der Waals surface area contributed by atoms with Crippen molar-refractivity contribution in [3.05, 3.63) is 27.8 Å². The maximum atomic E-state index is 10.5. The fourth-order valence-electron chi connectivity index (χ4n) is 0.576. The summed E-state index contributed by atoms with van der Waals surface area (Å²) in [6, 6.07) is 6.93.